The average molecular weight is 280 g/mol. The van der Waals surface area contributed by atoms with Gasteiger partial charge in [-0.1, -0.05) is 35.9 Å². The molecule has 0 aliphatic heterocycles. The number of para-hydroxylation sites is 1. The molecule has 0 heterocycles. The fourth-order valence-corrected chi connectivity index (χ4v) is 2.33. The molecule has 0 saturated heterocycles. The Morgan fingerprint density at radius 3 is 2.68 bits per heavy atom. The van der Waals surface area contributed by atoms with Gasteiger partial charge in [-0.3, -0.25) is 0 Å². The Balaban J connectivity index is 2.23. The Hall–Kier alpha value is -1.58. The molecule has 2 nitrogen and oxygen atoms in total. The monoisotopic (exact) mass is 279 g/mol. The predicted molar refractivity (Wildman–Crippen MR) is 75.0 cm³/mol. The fourth-order valence-electron chi connectivity index (χ4n) is 2.02. The first-order valence-corrected chi connectivity index (χ1v) is 6.32. The Morgan fingerprint density at radius 1 is 1.26 bits per heavy atom. The van der Waals surface area contributed by atoms with Crippen LogP contribution in [0.5, 0.6) is 5.75 Å². The standard InChI is InChI=1S/C15H15ClFNO/c1-19-15-5-3-2-4-10(15)8-14(18)12-7-6-11(17)9-13(12)16/h2-7,9,14H,8,18H2,1H3. The number of hydrogen-bond donors (Lipinski definition) is 1. The van der Waals surface area contributed by atoms with E-state index in [4.69, 9.17) is 22.1 Å². The van der Waals surface area contributed by atoms with Crippen LogP contribution in [-0.4, -0.2) is 7.11 Å². The number of ether oxygens (including phenoxy) is 1. The minimum atomic E-state index is -0.363. The van der Waals surface area contributed by atoms with E-state index < -0.39 is 0 Å². The normalized spacial score (nSPS) is 12.2. The number of benzene rings is 2. The van der Waals surface area contributed by atoms with Crippen LogP contribution in [-0.2, 0) is 6.42 Å². The van der Waals surface area contributed by atoms with Crippen molar-refractivity contribution in [2.24, 2.45) is 5.73 Å². The molecule has 2 aromatic carbocycles. The van der Waals surface area contributed by atoms with E-state index in [1.165, 1.54) is 12.1 Å². The summed E-state index contributed by atoms with van der Waals surface area (Å²) < 4.78 is 18.3. The first kappa shape index (κ1) is 13.8. The molecule has 0 aromatic heterocycles. The van der Waals surface area contributed by atoms with Gasteiger partial charge >= 0.3 is 0 Å². The first-order valence-electron chi connectivity index (χ1n) is 5.94. The van der Waals surface area contributed by atoms with E-state index >= 15 is 0 Å². The van der Waals surface area contributed by atoms with Crippen molar-refractivity contribution in [3.8, 4) is 5.75 Å². The van der Waals surface area contributed by atoms with E-state index in [9.17, 15) is 4.39 Å². The number of methoxy groups -OCH3 is 1. The maximum Gasteiger partial charge on any atom is 0.124 e. The van der Waals surface area contributed by atoms with Crippen LogP contribution in [0.3, 0.4) is 0 Å². The average Bonchev–Trinajstić information content (AvgIpc) is 2.39. The van der Waals surface area contributed by atoms with Crippen molar-refractivity contribution in [2.45, 2.75) is 12.5 Å². The van der Waals surface area contributed by atoms with Gasteiger partial charge in [0.15, 0.2) is 0 Å². The van der Waals surface area contributed by atoms with Gasteiger partial charge < -0.3 is 10.5 Å². The van der Waals surface area contributed by atoms with Crippen molar-refractivity contribution in [2.75, 3.05) is 7.11 Å². The quantitative estimate of drug-likeness (QED) is 0.925. The van der Waals surface area contributed by atoms with E-state index in [1.54, 1.807) is 13.2 Å². The van der Waals surface area contributed by atoms with Gasteiger partial charge in [-0.05, 0) is 35.7 Å². The second-order valence-electron chi connectivity index (χ2n) is 4.29. The summed E-state index contributed by atoms with van der Waals surface area (Å²) >= 11 is 6.01. The second kappa shape index (κ2) is 6.04. The van der Waals surface area contributed by atoms with Crippen molar-refractivity contribution in [1.29, 1.82) is 0 Å². The van der Waals surface area contributed by atoms with Gasteiger partial charge in [0.1, 0.15) is 11.6 Å². The van der Waals surface area contributed by atoms with Crippen LogP contribution in [0.4, 0.5) is 4.39 Å². The van der Waals surface area contributed by atoms with Gasteiger partial charge in [-0.15, -0.1) is 0 Å². The van der Waals surface area contributed by atoms with E-state index in [2.05, 4.69) is 0 Å². The highest BCUT2D eigenvalue weighted by Gasteiger charge is 2.13. The Morgan fingerprint density at radius 2 is 2.00 bits per heavy atom. The number of nitrogens with two attached hydrogens (primary N) is 1. The zero-order chi connectivity index (χ0) is 13.8. The molecular formula is C15H15ClFNO. The molecular weight excluding hydrogens is 265 g/mol. The number of rotatable bonds is 4. The third-order valence-corrected chi connectivity index (χ3v) is 3.32. The lowest BCUT2D eigenvalue weighted by molar-refractivity contribution is 0.408. The maximum atomic E-state index is 13.0. The second-order valence-corrected chi connectivity index (χ2v) is 4.70. The van der Waals surface area contributed by atoms with Crippen LogP contribution in [0.2, 0.25) is 5.02 Å². The SMILES string of the molecule is COc1ccccc1CC(N)c1ccc(F)cc1Cl. The summed E-state index contributed by atoms with van der Waals surface area (Å²) in [6, 6.07) is 11.6. The predicted octanol–water partition coefficient (Wildman–Crippen LogP) is 3.73. The van der Waals surface area contributed by atoms with Crippen LogP contribution in [0.25, 0.3) is 0 Å². The largest absolute Gasteiger partial charge is 0.496 e. The van der Waals surface area contributed by atoms with Gasteiger partial charge in [0.25, 0.3) is 0 Å². The summed E-state index contributed by atoms with van der Waals surface area (Å²) in [6.45, 7) is 0. The summed E-state index contributed by atoms with van der Waals surface area (Å²) in [4.78, 5) is 0. The molecule has 0 saturated carbocycles. The third-order valence-electron chi connectivity index (χ3n) is 2.99. The molecule has 2 aromatic rings. The zero-order valence-electron chi connectivity index (χ0n) is 10.6. The van der Waals surface area contributed by atoms with E-state index in [0.717, 1.165) is 16.9 Å². The lowest BCUT2D eigenvalue weighted by Crippen LogP contribution is -2.14. The van der Waals surface area contributed by atoms with Crippen LogP contribution in [0.15, 0.2) is 42.5 Å². The van der Waals surface area contributed by atoms with Crippen molar-refractivity contribution in [3.63, 3.8) is 0 Å². The molecule has 0 fully saturated rings. The summed E-state index contributed by atoms with van der Waals surface area (Å²) in [6.07, 6.45) is 0.579. The molecule has 0 amide bonds. The highest BCUT2D eigenvalue weighted by Crippen LogP contribution is 2.27. The molecule has 4 heteroatoms. The van der Waals surface area contributed by atoms with Crippen molar-refractivity contribution in [1.82, 2.24) is 0 Å². The van der Waals surface area contributed by atoms with Gasteiger partial charge in [-0.25, -0.2) is 4.39 Å². The van der Waals surface area contributed by atoms with Crippen molar-refractivity contribution < 1.29 is 9.13 Å². The van der Waals surface area contributed by atoms with Crippen LogP contribution in [0.1, 0.15) is 17.2 Å². The number of hydrogen-bond acceptors (Lipinski definition) is 2. The fraction of sp³-hybridized carbons (Fsp3) is 0.200. The van der Waals surface area contributed by atoms with Gasteiger partial charge in [0, 0.05) is 11.1 Å². The van der Waals surface area contributed by atoms with E-state index in [-0.39, 0.29) is 11.9 Å². The summed E-state index contributed by atoms with van der Waals surface area (Å²) in [5.41, 5.74) is 7.87. The summed E-state index contributed by atoms with van der Waals surface area (Å²) in [5.74, 6) is 0.425. The van der Waals surface area contributed by atoms with E-state index in [0.29, 0.717) is 11.4 Å². The van der Waals surface area contributed by atoms with Crippen molar-refractivity contribution >= 4 is 11.6 Å². The molecule has 1 atom stereocenters. The molecule has 0 aliphatic carbocycles. The molecule has 0 spiro atoms. The number of halogens is 2. The molecule has 1 unspecified atom stereocenters. The van der Waals surface area contributed by atoms with Gasteiger partial charge in [0.2, 0.25) is 0 Å². The van der Waals surface area contributed by atoms with Gasteiger partial charge in [-0.2, -0.15) is 0 Å². The molecule has 2 N–H and O–H groups in total. The zero-order valence-corrected chi connectivity index (χ0v) is 11.3. The van der Waals surface area contributed by atoms with Crippen LogP contribution < -0.4 is 10.5 Å². The van der Waals surface area contributed by atoms with Crippen LogP contribution >= 0.6 is 11.6 Å². The molecule has 100 valence electrons. The molecule has 19 heavy (non-hydrogen) atoms. The lowest BCUT2D eigenvalue weighted by atomic mass is 9.99. The third kappa shape index (κ3) is 3.25. The lowest BCUT2D eigenvalue weighted by Gasteiger charge is -2.15. The maximum absolute atomic E-state index is 13.0. The minimum absolute atomic E-state index is 0.301. The topological polar surface area (TPSA) is 35.2 Å². The molecule has 2 rings (SSSR count). The first-order chi connectivity index (χ1) is 9.11. The summed E-state index contributed by atoms with van der Waals surface area (Å²) in [5, 5.41) is 0.349. The summed E-state index contributed by atoms with van der Waals surface area (Å²) in [7, 11) is 1.62. The Bertz CT molecular complexity index is 574. The Labute approximate surface area is 117 Å². The van der Waals surface area contributed by atoms with Crippen molar-refractivity contribution in [3.05, 3.63) is 64.4 Å². The highest BCUT2D eigenvalue weighted by molar-refractivity contribution is 6.31. The van der Waals surface area contributed by atoms with Crippen LogP contribution in [0, 0.1) is 5.82 Å². The smallest absolute Gasteiger partial charge is 0.124 e. The molecule has 0 radical (unpaired) electrons. The molecule has 0 bridgehead atoms. The van der Waals surface area contributed by atoms with Gasteiger partial charge in [0.05, 0.1) is 7.11 Å². The highest BCUT2D eigenvalue weighted by atomic mass is 35.5. The van der Waals surface area contributed by atoms with E-state index in [1.807, 2.05) is 24.3 Å². The Kier molecular flexibility index (Phi) is 4.40. The molecule has 0 aliphatic rings. The minimum Gasteiger partial charge on any atom is -0.496 e.